The van der Waals surface area contributed by atoms with Crippen LogP contribution in [-0.2, 0) is 17.8 Å². The number of hydrogen-bond acceptors (Lipinski definition) is 4. The average Bonchev–Trinajstić information content (AvgIpc) is 3.14. The highest BCUT2D eigenvalue weighted by atomic mass is 32.1. The van der Waals surface area contributed by atoms with Crippen LogP contribution in [0.15, 0.2) is 23.8 Å². The minimum Gasteiger partial charge on any atom is -0.479 e. The van der Waals surface area contributed by atoms with Crippen LogP contribution in [0, 0.1) is 0 Å². The lowest BCUT2D eigenvalue weighted by molar-refractivity contribution is -0.142. The van der Waals surface area contributed by atoms with E-state index < -0.39 is 18.0 Å². The number of aromatic amines is 1. The summed E-state index contributed by atoms with van der Waals surface area (Å²) in [5.74, 6) is -0.383. The molecule has 3 N–H and O–H groups in total. The van der Waals surface area contributed by atoms with E-state index in [1.807, 2.05) is 5.38 Å². The number of carboxylic acids is 1. The molecule has 7 nitrogen and oxygen atoms in total. The molecule has 21 heavy (non-hydrogen) atoms. The predicted octanol–water partition coefficient (Wildman–Crippen LogP) is 1.36. The number of nitrogens with zero attached hydrogens (tertiary/aromatic N) is 2. The summed E-state index contributed by atoms with van der Waals surface area (Å²) < 4.78 is 0. The third-order valence-electron chi connectivity index (χ3n) is 3.42. The van der Waals surface area contributed by atoms with Crippen molar-refractivity contribution in [2.75, 3.05) is 6.54 Å². The number of fused-ring (bicyclic) bond motifs is 1. The first-order chi connectivity index (χ1) is 10.2. The molecule has 2 aromatic rings. The largest absolute Gasteiger partial charge is 0.479 e. The van der Waals surface area contributed by atoms with Gasteiger partial charge in [-0.05, 0) is 23.4 Å². The van der Waals surface area contributed by atoms with Crippen molar-refractivity contribution >= 4 is 23.3 Å². The van der Waals surface area contributed by atoms with Crippen LogP contribution in [0.3, 0.4) is 0 Å². The second-order valence-corrected chi connectivity index (χ2v) is 5.68. The van der Waals surface area contributed by atoms with Gasteiger partial charge in [-0.15, -0.1) is 11.3 Å². The Bertz CT molecular complexity index is 652. The van der Waals surface area contributed by atoms with Crippen LogP contribution in [-0.4, -0.2) is 38.5 Å². The number of carboxylic acid groups (broad SMARTS) is 1. The molecule has 3 rings (SSSR count). The summed E-state index contributed by atoms with van der Waals surface area (Å²) in [7, 11) is 0. The van der Waals surface area contributed by atoms with Crippen LogP contribution in [0.25, 0.3) is 0 Å². The SMILES string of the molecule is O=C(O)C1c2ccsc2CCN1C(=O)NCc1ncc[nH]1. The Balaban J connectivity index is 1.74. The van der Waals surface area contributed by atoms with Gasteiger partial charge in [0, 0.05) is 23.8 Å². The summed E-state index contributed by atoms with van der Waals surface area (Å²) >= 11 is 1.53. The van der Waals surface area contributed by atoms with E-state index in [1.54, 1.807) is 18.5 Å². The quantitative estimate of drug-likeness (QED) is 0.797. The zero-order valence-electron chi connectivity index (χ0n) is 11.1. The molecular weight excluding hydrogens is 292 g/mol. The third kappa shape index (κ3) is 2.62. The average molecular weight is 306 g/mol. The molecular formula is C13H14N4O3S. The standard InChI is InChI=1S/C13H14N4O3S/c18-12(19)11-8-2-6-21-9(8)1-5-17(11)13(20)16-7-10-14-3-4-15-10/h2-4,6,11H,1,5,7H2,(H,14,15)(H,16,20)(H,18,19). The van der Waals surface area contributed by atoms with Gasteiger partial charge in [0.25, 0.3) is 0 Å². The summed E-state index contributed by atoms with van der Waals surface area (Å²) in [6.07, 6.45) is 3.95. The van der Waals surface area contributed by atoms with Gasteiger partial charge < -0.3 is 20.3 Å². The van der Waals surface area contributed by atoms with Gasteiger partial charge in [-0.1, -0.05) is 0 Å². The minimum atomic E-state index is -1.01. The number of nitrogens with one attached hydrogen (secondary N) is 2. The Labute approximate surface area is 124 Å². The van der Waals surface area contributed by atoms with Crippen LogP contribution < -0.4 is 5.32 Å². The van der Waals surface area contributed by atoms with Gasteiger partial charge in [0.2, 0.25) is 0 Å². The van der Waals surface area contributed by atoms with Crippen LogP contribution in [0.1, 0.15) is 22.3 Å². The lowest BCUT2D eigenvalue weighted by atomic mass is 10.0. The first-order valence-corrected chi connectivity index (χ1v) is 7.36. The smallest absolute Gasteiger partial charge is 0.331 e. The van der Waals surface area contributed by atoms with Crippen molar-refractivity contribution < 1.29 is 14.7 Å². The molecule has 1 aliphatic heterocycles. The Hall–Kier alpha value is -2.35. The van der Waals surface area contributed by atoms with Crippen LogP contribution >= 0.6 is 11.3 Å². The lowest BCUT2D eigenvalue weighted by Gasteiger charge is -2.33. The Kier molecular flexibility index (Phi) is 3.61. The molecule has 2 amide bonds. The topological polar surface area (TPSA) is 98.3 Å². The van der Waals surface area contributed by atoms with E-state index in [1.165, 1.54) is 16.2 Å². The highest BCUT2D eigenvalue weighted by Gasteiger charge is 2.36. The van der Waals surface area contributed by atoms with Crippen LogP contribution in [0.4, 0.5) is 4.79 Å². The van der Waals surface area contributed by atoms with Gasteiger partial charge in [0.05, 0.1) is 6.54 Å². The van der Waals surface area contributed by atoms with Crippen molar-refractivity contribution in [1.29, 1.82) is 0 Å². The maximum atomic E-state index is 12.3. The van der Waals surface area contributed by atoms with E-state index in [-0.39, 0.29) is 6.54 Å². The monoisotopic (exact) mass is 306 g/mol. The summed E-state index contributed by atoms with van der Waals surface area (Å²) in [6.45, 7) is 0.639. The molecule has 0 aromatic carbocycles. The molecule has 0 fully saturated rings. The van der Waals surface area contributed by atoms with Gasteiger partial charge in [-0.2, -0.15) is 0 Å². The molecule has 0 bridgehead atoms. The van der Waals surface area contributed by atoms with Gasteiger partial charge in [-0.25, -0.2) is 14.6 Å². The molecule has 0 saturated heterocycles. The molecule has 1 unspecified atom stereocenters. The van der Waals surface area contributed by atoms with Crippen molar-refractivity contribution in [2.45, 2.75) is 19.0 Å². The van der Waals surface area contributed by atoms with E-state index >= 15 is 0 Å². The number of amides is 2. The number of thiophene rings is 1. The summed E-state index contributed by atoms with van der Waals surface area (Å²) in [5, 5.41) is 14.0. The number of imidazole rings is 1. The fourth-order valence-corrected chi connectivity index (χ4v) is 3.36. The highest BCUT2D eigenvalue weighted by molar-refractivity contribution is 7.10. The maximum Gasteiger partial charge on any atom is 0.331 e. The molecule has 0 aliphatic carbocycles. The number of H-pyrrole nitrogens is 1. The van der Waals surface area contributed by atoms with Gasteiger partial charge >= 0.3 is 12.0 Å². The van der Waals surface area contributed by atoms with Gasteiger partial charge in [0.1, 0.15) is 5.82 Å². The van der Waals surface area contributed by atoms with Gasteiger partial charge in [0.15, 0.2) is 6.04 Å². The highest BCUT2D eigenvalue weighted by Crippen LogP contribution is 2.33. The van der Waals surface area contributed by atoms with Crippen molar-refractivity contribution in [2.24, 2.45) is 0 Å². The van der Waals surface area contributed by atoms with E-state index in [4.69, 9.17) is 0 Å². The number of urea groups is 1. The molecule has 3 heterocycles. The number of aromatic nitrogens is 2. The van der Waals surface area contributed by atoms with E-state index in [9.17, 15) is 14.7 Å². The first-order valence-electron chi connectivity index (χ1n) is 6.48. The fourth-order valence-electron chi connectivity index (χ4n) is 2.46. The molecule has 0 saturated carbocycles. The van der Waals surface area contributed by atoms with Gasteiger partial charge in [-0.3, -0.25) is 0 Å². The summed E-state index contributed by atoms with van der Waals surface area (Å²) in [4.78, 5) is 33.1. The summed E-state index contributed by atoms with van der Waals surface area (Å²) in [5.41, 5.74) is 0.715. The zero-order valence-corrected chi connectivity index (χ0v) is 11.9. The second kappa shape index (κ2) is 5.57. The number of rotatable bonds is 3. The summed E-state index contributed by atoms with van der Waals surface area (Å²) in [6, 6.07) is 0.470. The fraction of sp³-hybridized carbons (Fsp3) is 0.308. The van der Waals surface area contributed by atoms with E-state index in [0.717, 1.165) is 4.88 Å². The number of carbonyl (C=O) groups is 2. The Morgan fingerprint density at radius 1 is 1.57 bits per heavy atom. The second-order valence-electron chi connectivity index (χ2n) is 4.68. The van der Waals surface area contributed by atoms with Crippen molar-refractivity contribution in [3.63, 3.8) is 0 Å². The number of hydrogen-bond donors (Lipinski definition) is 3. The maximum absolute atomic E-state index is 12.3. The normalized spacial score (nSPS) is 17.3. The van der Waals surface area contributed by atoms with Crippen molar-refractivity contribution in [3.05, 3.63) is 40.1 Å². The predicted molar refractivity (Wildman–Crippen MR) is 75.9 cm³/mol. The number of aliphatic carboxylic acids is 1. The van der Waals surface area contributed by atoms with Crippen LogP contribution in [0.5, 0.6) is 0 Å². The molecule has 110 valence electrons. The number of carbonyl (C=O) groups excluding carboxylic acids is 1. The Morgan fingerprint density at radius 3 is 3.14 bits per heavy atom. The molecule has 1 atom stereocenters. The van der Waals surface area contributed by atoms with E-state index in [2.05, 4.69) is 15.3 Å². The van der Waals surface area contributed by atoms with Crippen molar-refractivity contribution in [3.8, 4) is 0 Å². The molecule has 0 spiro atoms. The van der Waals surface area contributed by atoms with Crippen LogP contribution in [0.2, 0.25) is 0 Å². The molecule has 2 aromatic heterocycles. The van der Waals surface area contributed by atoms with E-state index in [0.29, 0.717) is 24.4 Å². The first kappa shape index (κ1) is 13.6. The molecule has 1 aliphatic rings. The Morgan fingerprint density at radius 2 is 2.43 bits per heavy atom. The third-order valence-corrected chi connectivity index (χ3v) is 4.42. The molecule has 8 heteroatoms. The lowest BCUT2D eigenvalue weighted by Crippen LogP contribution is -2.47. The van der Waals surface area contributed by atoms with Crippen molar-refractivity contribution in [1.82, 2.24) is 20.2 Å². The minimum absolute atomic E-state index is 0.241. The molecule has 0 radical (unpaired) electrons. The zero-order chi connectivity index (χ0) is 14.8.